The topological polar surface area (TPSA) is 33.9 Å². The third kappa shape index (κ3) is 1.96. The van der Waals surface area contributed by atoms with E-state index in [9.17, 15) is 0 Å². The molecule has 0 bridgehead atoms. The molecule has 0 saturated carbocycles. The SMILES string of the molecule is S=c1[nH]c2cc(Cl)c(Cl)cc2n1Cc1ccco1. The number of nitrogens with one attached hydrogen (secondary N) is 1. The van der Waals surface area contributed by atoms with Crippen LogP contribution in [0.2, 0.25) is 10.0 Å². The lowest BCUT2D eigenvalue weighted by Gasteiger charge is -2.02. The average molecular weight is 299 g/mol. The summed E-state index contributed by atoms with van der Waals surface area (Å²) in [6.07, 6.45) is 1.64. The number of halogens is 2. The molecule has 3 nitrogen and oxygen atoms in total. The van der Waals surface area contributed by atoms with Gasteiger partial charge in [-0.1, -0.05) is 23.2 Å². The van der Waals surface area contributed by atoms with Crippen LogP contribution in [-0.2, 0) is 6.54 Å². The van der Waals surface area contributed by atoms with E-state index in [2.05, 4.69) is 4.98 Å². The maximum absolute atomic E-state index is 6.03. The quantitative estimate of drug-likeness (QED) is 0.699. The summed E-state index contributed by atoms with van der Waals surface area (Å²) in [7, 11) is 0. The van der Waals surface area contributed by atoms with Crippen LogP contribution in [0.1, 0.15) is 5.76 Å². The molecule has 0 aliphatic rings. The van der Waals surface area contributed by atoms with E-state index in [1.165, 1.54) is 0 Å². The van der Waals surface area contributed by atoms with Crippen molar-refractivity contribution in [2.45, 2.75) is 6.54 Å². The van der Waals surface area contributed by atoms with Crippen LogP contribution in [0.5, 0.6) is 0 Å². The Labute approximate surface area is 118 Å². The van der Waals surface area contributed by atoms with Gasteiger partial charge in [0.05, 0.1) is 33.9 Å². The van der Waals surface area contributed by atoms with Crippen LogP contribution in [0.3, 0.4) is 0 Å². The molecule has 2 aromatic heterocycles. The number of aromatic amines is 1. The van der Waals surface area contributed by atoms with Crippen molar-refractivity contribution in [2.75, 3.05) is 0 Å². The third-order valence-electron chi connectivity index (χ3n) is 2.71. The lowest BCUT2D eigenvalue weighted by atomic mass is 10.3. The molecule has 0 spiro atoms. The lowest BCUT2D eigenvalue weighted by molar-refractivity contribution is 0.495. The van der Waals surface area contributed by atoms with Crippen LogP contribution in [0.15, 0.2) is 34.9 Å². The van der Waals surface area contributed by atoms with Gasteiger partial charge in [-0.3, -0.25) is 0 Å². The van der Waals surface area contributed by atoms with Gasteiger partial charge in [-0.15, -0.1) is 0 Å². The molecule has 1 aromatic carbocycles. The van der Waals surface area contributed by atoms with Gasteiger partial charge < -0.3 is 14.0 Å². The van der Waals surface area contributed by atoms with Crippen LogP contribution in [0.25, 0.3) is 11.0 Å². The van der Waals surface area contributed by atoms with E-state index < -0.39 is 0 Å². The highest BCUT2D eigenvalue weighted by Crippen LogP contribution is 2.28. The second kappa shape index (κ2) is 4.46. The molecular weight excluding hydrogens is 291 g/mol. The average Bonchev–Trinajstić information content (AvgIpc) is 2.92. The van der Waals surface area contributed by atoms with Gasteiger partial charge in [0, 0.05) is 0 Å². The van der Waals surface area contributed by atoms with Gasteiger partial charge in [0.15, 0.2) is 4.77 Å². The van der Waals surface area contributed by atoms with E-state index in [-0.39, 0.29) is 0 Å². The number of hydrogen-bond donors (Lipinski definition) is 1. The maximum Gasteiger partial charge on any atom is 0.178 e. The number of nitrogens with zero attached hydrogens (tertiary/aromatic N) is 1. The molecule has 3 rings (SSSR count). The molecule has 1 N–H and O–H groups in total. The highest BCUT2D eigenvalue weighted by atomic mass is 35.5. The lowest BCUT2D eigenvalue weighted by Crippen LogP contribution is -1.98. The molecule has 0 atom stereocenters. The summed E-state index contributed by atoms with van der Waals surface area (Å²) >= 11 is 17.3. The maximum atomic E-state index is 6.03. The number of furan rings is 1. The largest absolute Gasteiger partial charge is 0.467 e. The molecule has 18 heavy (non-hydrogen) atoms. The normalized spacial score (nSPS) is 11.2. The standard InChI is InChI=1S/C12H8Cl2N2OS/c13-8-4-10-11(5-9(8)14)16(12(18)15-10)6-7-2-1-3-17-7/h1-5H,6H2,(H,15,18). The summed E-state index contributed by atoms with van der Waals surface area (Å²) in [5.41, 5.74) is 1.77. The minimum absolute atomic E-state index is 0.505. The molecule has 0 radical (unpaired) electrons. The Morgan fingerprint density at radius 2 is 2.06 bits per heavy atom. The van der Waals surface area contributed by atoms with Gasteiger partial charge in [-0.2, -0.15) is 0 Å². The Hall–Kier alpha value is -1.23. The zero-order valence-corrected chi connectivity index (χ0v) is 11.4. The summed E-state index contributed by atoms with van der Waals surface area (Å²) in [4.78, 5) is 3.10. The fourth-order valence-electron chi connectivity index (χ4n) is 1.87. The van der Waals surface area contributed by atoms with Gasteiger partial charge in [0.2, 0.25) is 0 Å². The van der Waals surface area contributed by atoms with Crippen molar-refractivity contribution in [3.8, 4) is 0 Å². The predicted molar refractivity (Wildman–Crippen MR) is 75.0 cm³/mol. The van der Waals surface area contributed by atoms with Crippen LogP contribution >= 0.6 is 35.4 Å². The van der Waals surface area contributed by atoms with Crippen LogP contribution in [0.4, 0.5) is 0 Å². The van der Waals surface area contributed by atoms with Crippen molar-refractivity contribution in [3.63, 3.8) is 0 Å². The molecule has 3 aromatic rings. The molecule has 0 aliphatic heterocycles. The first-order chi connectivity index (χ1) is 8.65. The second-order valence-electron chi connectivity index (χ2n) is 3.88. The fraction of sp³-hybridized carbons (Fsp3) is 0.0833. The zero-order chi connectivity index (χ0) is 12.7. The summed E-state index contributed by atoms with van der Waals surface area (Å²) in [5.74, 6) is 0.832. The number of fused-ring (bicyclic) bond motifs is 1. The van der Waals surface area contributed by atoms with E-state index >= 15 is 0 Å². The Bertz CT molecular complexity index is 758. The second-order valence-corrected chi connectivity index (χ2v) is 5.08. The van der Waals surface area contributed by atoms with Crippen LogP contribution in [-0.4, -0.2) is 9.55 Å². The van der Waals surface area contributed by atoms with Crippen LogP contribution in [0, 0.1) is 4.77 Å². The molecule has 0 unspecified atom stereocenters. The van der Waals surface area contributed by atoms with E-state index in [1.807, 2.05) is 16.7 Å². The molecule has 0 saturated heterocycles. The molecule has 0 aliphatic carbocycles. The number of rotatable bonds is 2. The van der Waals surface area contributed by atoms with Crippen molar-refractivity contribution in [1.82, 2.24) is 9.55 Å². The van der Waals surface area contributed by atoms with Gasteiger partial charge in [0.25, 0.3) is 0 Å². The third-order valence-corrected chi connectivity index (χ3v) is 3.75. The van der Waals surface area contributed by atoms with Crippen molar-refractivity contribution in [1.29, 1.82) is 0 Å². The molecule has 6 heteroatoms. The highest BCUT2D eigenvalue weighted by Gasteiger charge is 2.09. The van der Waals surface area contributed by atoms with Crippen molar-refractivity contribution in [3.05, 3.63) is 51.1 Å². The summed E-state index contributed by atoms with van der Waals surface area (Å²) in [6, 6.07) is 7.32. The number of benzene rings is 1. The first kappa shape index (κ1) is 11.8. The molecular formula is C12H8Cl2N2OS. The van der Waals surface area contributed by atoms with Crippen molar-refractivity contribution < 1.29 is 4.42 Å². The Morgan fingerprint density at radius 1 is 1.28 bits per heavy atom. The molecule has 0 fully saturated rings. The Morgan fingerprint density at radius 3 is 2.78 bits per heavy atom. The number of H-pyrrole nitrogens is 1. The van der Waals surface area contributed by atoms with Gasteiger partial charge in [0.1, 0.15) is 5.76 Å². The minimum Gasteiger partial charge on any atom is -0.467 e. The summed E-state index contributed by atoms with van der Waals surface area (Å²) in [6.45, 7) is 0.559. The minimum atomic E-state index is 0.505. The van der Waals surface area contributed by atoms with E-state index in [0.29, 0.717) is 21.4 Å². The monoisotopic (exact) mass is 298 g/mol. The summed E-state index contributed by atoms with van der Waals surface area (Å²) in [5, 5.41) is 1.01. The smallest absolute Gasteiger partial charge is 0.178 e. The van der Waals surface area contributed by atoms with Crippen molar-refractivity contribution >= 4 is 46.5 Å². The first-order valence-corrected chi connectivity index (χ1v) is 6.41. The van der Waals surface area contributed by atoms with Gasteiger partial charge in [-0.25, -0.2) is 0 Å². The van der Waals surface area contributed by atoms with E-state index in [1.54, 1.807) is 18.4 Å². The number of imidazole rings is 1. The van der Waals surface area contributed by atoms with Crippen molar-refractivity contribution in [2.24, 2.45) is 0 Å². The molecule has 0 amide bonds. The first-order valence-electron chi connectivity index (χ1n) is 5.25. The molecule has 2 heterocycles. The highest BCUT2D eigenvalue weighted by molar-refractivity contribution is 7.71. The number of aromatic nitrogens is 2. The summed E-state index contributed by atoms with van der Waals surface area (Å²) < 4.78 is 7.86. The molecule has 92 valence electrons. The fourth-order valence-corrected chi connectivity index (χ4v) is 2.46. The number of hydrogen-bond acceptors (Lipinski definition) is 2. The zero-order valence-electron chi connectivity index (χ0n) is 9.11. The van der Waals surface area contributed by atoms with E-state index in [0.717, 1.165) is 16.8 Å². The Balaban J connectivity index is 2.19. The predicted octanol–water partition coefficient (Wildman–Crippen LogP) is 4.65. The van der Waals surface area contributed by atoms with E-state index in [4.69, 9.17) is 39.8 Å². The van der Waals surface area contributed by atoms with Gasteiger partial charge >= 0.3 is 0 Å². The Kier molecular flexibility index (Phi) is 2.93. The van der Waals surface area contributed by atoms with Gasteiger partial charge in [-0.05, 0) is 36.5 Å². The van der Waals surface area contributed by atoms with Crippen LogP contribution < -0.4 is 0 Å².